The largest absolute Gasteiger partial charge is 0.458 e. The van der Waals surface area contributed by atoms with Crippen LogP contribution in [0.2, 0.25) is 0 Å². The van der Waals surface area contributed by atoms with Gasteiger partial charge in [-0.2, -0.15) is 0 Å². The third kappa shape index (κ3) is 2.99. The fourth-order valence-corrected chi connectivity index (χ4v) is 3.72. The maximum atomic E-state index is 12.6. The number of hydrogen-bond donors (Lipinski definition) is 1. The number of aromatic amines is 1. The first kappa shape index (κ1) is 18.3. The number of esters is 1. The van der Waals surface area contributed by atoms with Gasteiger partial charge in [-0.15, -0.1) is 0 Å². The monoisotopic (exact) mass is 376 g/mol. The van der Waals surface area contributed by atoms with Gasteiger partial charge in [0, 0.05) is 22.7 Å². The van der Waals surface area contributed by atoms with E-state index in [2.05, 4.69) is 16.9 Å². The Labute approximate surface area is 163 Å². The lowest BCUT2D eigenvalue weighted by molar-refractivity contribution is 0.0370. The normalized spacial score (nSPS) is 11.8. The first-order valence-electron chi connectivity index (χ1n) is 9.82. The molecule has 144 valence electrons. The van der Waals surface area contributed by atoms with Crippen molar-refractivity contribution in [1.29, 1.82) is 0 Å². The molecule has 1 N–H and O–H groups in total. The molecule has 0 aliphatic carbocycles. The van der Waals surface area contributed by atoms with Crippen LogP contribution in [0.5, 0.6) is 0 Å². The molecule has 0 unspecified atom stereocenters. The highest BCUT2D eigenvalue weighted by molar-refractivity contribution is 6.20. The quantitative estimate of drug-likeness (QED) is 0.509. The van der Waals surface area contributed by atoms with E-state index in [0.717, 1.165) is 56.9 Å². The number of fused-ring (bicyclic) bond motifs is 5. The minimum Gasteiger partial charge on any atom is -0.458 e. The van der Waals surface area contributed by atoms with Crippen molar-refractivity contribution in [2.75, 3.05) is 0 Å². The van der Waals surface area contributed by atoms with Crippen molar-refractivity contribution in [1.82, 2.24) is 19.9 Å². The third-order valence-corrected chi connectivity index (χ3v) is 4.86. The average Bonchev–Trinajstić information content (AvgIpc) is 3.05. The molecule has 6 heteroatoms. The summed E-state index contributed by atoms with van der Waals surface area (Å²) in [6.07, 6.45) is 6.02. The highest BCUT2D eigenvalue weighted by atomic mass is 16.5. The number of aryl methyl sites for hydroxylation is 2. The van der Waals surface area contributed by atoms with Crippen LogP contribution in [0.4, 0.5) is 0 Å². The summed E-state index contributed by atoms with van der Waals surface area (Å²) >= 11 is 0. The van der Waals surface area contributed by atoms with Gasteiger partial charge < -0.3 is 9.72 Å². The molecule has 1 aromatic carbocycles. The van der Waals surface area contributed by atoms with E-state index in [9.17, 15) is 4.79 Å². The smallest absolute Gasteiger partial charge is 0.357 e. The summed E-state index contributed by atoms with van der Waals surface area (Å²) in [7, 11) is 0. The van der Waals surface area contributed by atoms with Crippen molar-refractivity contribution in [3.63, 3.8) is 0 Å². The van der Waals surface area contributed by atoms with E-state index in [-0.39, 0.29) is 6.10 Å². The second kappa shape index (κ2) is 7.19. The van der Waals surface area contributed by atoms with Crippen LogP contribution in [0.15, 0.2) is 24.5 Å². The summed E-state index contributed by atoms with van der Waals surface area (Å²) in [4.78, 5) is 29.9. The van der Waals surface area contributed by atoms with Gasteiger partial charge in [-0.3, -0.25) is 4.98 Å². The van der Waals surface area contributed by atoms with Crippen LogP contribution in [0.1, 0.15) is 55.9 Å². The van der Waals surface area contributed by atoms with Gasteiger partial charge in [0.1, 0.15) is 0 Å². The molecule has 4 rings (SSSR count). The predicted octanol–water partition coefficient (Wildman–Crippen LogP) is 4.74. The molecule has 0 aliphatic rings. The summed E-state index contributed by atoms with van der Waals surface area (Å²) in [5.41, 5.74) is 5.80. The minimum atomic E-state index is -0.395. The van der Waals surface area contributed by atoms with Crippen LogP contribution in [-0.4, -0.2) is 32.0 Å². The molecular weight excluding hydrogens is 352 g/mol. The molecule has 0 fully saturated rings. The number of aromatic nitrogens is 4. The van der Waals surface area contributed by atoms with Crippen molar-refractivity contribution >= 4 is 38.8 Å². The van der Waals surface area contributed by atoms with Gasteiger partial charge in [-0.05, 0) is 44.4 Å². The summed E-state index contributed by atoms with van der Waals surface area (Å²) in [5, 5.41) is 1.91. The molecule has 0 aliphatic heterocycles. The average molecular weight is 376 g/mol. The number of nitrogens with zero attached hydrogens (tertiary/aromatic N) is 3. The van der Waals surface area contributed by atoms with Crippen molar-refractivity contribution in [3.05, 3.63) is 41.5 Å². The van der Waals surface area contributed by atoms with Gasteiger partial charge in [0.2, 0.25) is 0 Å². The molecule has 0 radical (unpaired) electrons. The lowest BCUT2D eigenvalue weighted by atomic mass is 10.0. The topological polar surface area (TPSA) is 80.8 Å². The van der Waals surface area contributed by atoms with Gasteiger partial charge in [0.15, 0.2) is 5.69 Å². The Morgan fingerprint density at radius 1 is 1.11 bits per heavy atom. The van der Waals surface area contributed by atoms with Gasteiger partial charge in [0.05, 0.1) is 34.4 Å². The standard InChI is InChI=1S/C22H24N4O2/c1-5-7-13-10-23-21-16(25-13)9-8-15-19(21)18-14(6-2)20(22(27)28-12(3)4)24-11-17(18)26-15/h8-12,25H,5-7H2,1-4H3. The summed E-state index contributed by atoms with van der Waals surface area (Å²) in [6.45, 7) is 7.84. The van der Waals surface area contributed by atoms with Crippen LogP contribution in [0.3, 0.4) is 0 Å². The Bertz CT molecular complexity index is 1190. The highest BCUT2D eigenvalue weighted by Crippen LogP contribution is 2.34. The first-order chi connectivity index (χ1) is 13.5. The Balaban J connectivity index is 2.03. The fourth-order valence-electron chi connectivity index (χ4n) is 3.72. The number of carbonyl (C=O) groups is 1. The Hall–Kier alpha value is -3.02. The fraction of sp³-hybridized carbons (Fsp3) is 0.364. The molecule has 3 heterocycles. The molecule has 0 saturated heterocycles. The molecule has 0 amide bonds. The molecule has 0 saturated carbocycles. The third-order valence-electron chi connectivity index (χ3n) is 4.86. The van der Waals surface area contributed by atoms with Crippen molar-refractivity contribution < 1.29 is 9.53 Å². The summed E-state index contributed by atoms with van der Waals surface area (Å²) < 4.78 is 5.40. The maximum Gasteiger partial charge on any atom is 0.357 e. The minimum absolute atomic E-state index is 0.196. The van der Waals surface area contributed by atoms with E-state index in [1.807, 2.05) is 39.1 Å². The number of carbonyl (C=O) groups excluding carboxylic acids is 1. The molecule has 0 bridgehead atoms. The second-order valence-corrected chi connectivity index (χ2v) is 7.28. The van der Waals surface area contributed by atoms with E-state index in [1.54, 1.807) is 6.20 Å². The van der Waals surface area contributed by atoms with Crippen LogP contribution >= 0.6 is 0 Å². The van der Waals surface area contributed by atoms with Gasteiger partial charge in [-0.25, -0.2) is 14.8 Å². The summed E-state index contributed by atoms with van der Waals surface area (Å²) in [5.74, 6) is -0.395. The van der Waals surface area contributed by atoms with E-state index in [4.69, 9.17) is 14.7 Å². The van der Waals surface area contributed by atoms with Gasteiger partial charge >= 0.3 is 5.97 Å². The van der Waals surface area contributed by atoms with Crippen molar-refractivity contribution in [2.24, 2.45) is 0 Å². The second-order valence-electron chi connectivity index (χ2n) is 7.28. The van der Waals surface area contributed by atoms with Crippen LogP contribution in [-0.2, 0) is 17.6 Å². The zero-order valence-electron chi connectivity index (χ0n) is 16.7. The number of H-pyrrole nitrogens is 1. The summed E-state index contributed by atoms with van der Waals surface area (Å²) in [6, 6.07) is 4.01. The lowest BCUT2D eigenvalue weighted by Gasteiger charge is -2.11. The number of nitrogens with one attached hydrogen (secondary N) is 1. The van der Waals surface area contributed by atoms with Crippen LogP contribution in [0.25, 0.3) is 32.8 Å². The van der Waals surface area contributed by atoms with E-state index < -0.39 is 5.97 Å². The highest BCUT2D eigenvalue weighted by Gasteiger charge is 2.22. The number of ether oxygens (including phenoxy) is 1. The van der Waals surface area contributed by atoms with E-state index in [1.165, 1.54) is 0 Å². The number of pyridine rings is 1. The first-order valence-corrected chi connectivity index (χ1v) is 9.82. The number of benzene rings is 1. The van der Waals surface area contributed by atoms with Crippen LogP contribution < -0.4 is 0 Å². The molecule has 4 aromatic rings. The molecule has 0 atom stereocenters. The van der Waals surface area contributed by atoms with Crippen LogP contribution in [0, 0.1) is 0 Å². The zero-order chi connectivity index (χ0) is 19.8. The lowest BCUT2D eigenvalue weighted by Crippen LogP contribution is -2.15. The molecular formula is C22H24N4O2. The molecule has 0 spiro atoms. The van der Waals surface area contributed by atoms with Gasteiger partial charge in [-0.1, -0.05) is 20.3 Å². The molecule has 3 aromatic heterocycles. The zero-order valence-corrected chi connectivity index (χ0v) is 16.7. The van der Waals surface area contributed by atoms with E-state index >= 15 is 0 Å². The van der Waals surface area contributed by atoms with Crippen molar-refractivity contribution in [3.8, 4) is 0 Å². The SMILES string of the molecule is CCCc1cnc2c(ccc3nc4cnc(C(=O)OC(C)C)c(CC)c4c32)[nH]1. The Morgan fingerprint density at radius 2 is 1.93 bits per heavy atom. The van der Waals surface area contributed by atoms with E-state index in [0.29, 0.717) is 12.1 Å². The molecule has 6 nitrogen and oxygen atoms in total. The number of hydrogen-bond acceptors (Lipinski definition) is 5. The Morgan fingerprint density at radius 3 is 2.64 bits per heavy atom. The van der Waals surface area contributed by atoms with Crippen molar-refractivity contribution in [2.45, 2.75) is 53.1 Å². The Kier molecular flexibility index (Phi) is 4.71. The number of rotatable bonds is 5. The van der Waals surface area contributed by atoms with Gasteiger partial charge in [0.25, 0.3) is 0 Å². The molecule has 28 heavy (non-hydrogen) atoms. The maximum absolute atomic E-state index is 12.6. The predicted molar refractivity (Wildman–Crippen MR) is 111 cm³/mol.